The van der Waals surface area contributed by atoms with Gasteiger partial charge in [-0.2, -0.15) is 0 Å². The fourth-order valence-electron chi connectivity index (χ4n) is 0.874. The Hall–Kier alpha value is -0.630. The van der Waals surface area contributed by atoms with E-state index in [0.29, 0.717) is 11.8 Å². The van der Waals surface area contributed by atoms with E-state index in [2.05, 4.69) is 32.3 Å². The predicted molar refractivity (Wildman–Crippen MR) is 48.6 cm³/mol. The molecule has 2 atom stereocenters. The van der Waals surface area contributed by atoms with E-state index in [1.54, 1.807) is 0 Å². The van der Waals surface area contributed by atoms with E-state index in [0.717, 1.165) is 11.4 Å². The van der Waals surface area contributed by atoms with E-state index in [9.17, 15) is 0 Å². The highest BCUT2D eigenvalue weighted by molar-refractivity contribution is 6.07. The number of nitrogens with two attached hydrogens (primary N) is 1. The molecule has 0 amide bonds. The highest BCUT2D eigenvalue weighted by Crippen LogP contribution is 2.26. The minimum Gasteiger partial charge on any atom is -0.322 e. The molecular formula is C9H16N2. The Morgan fingerprint density at radius 2 is 2.09 bits per heavy atom. The third-order valence-electron chi connectivity index (χ3n) is 2.18. The van der Waals surface area contributed by atoms with E-state index >= 15 is 0 Å². The van der Waals surface area contributed by atoms with Crippen molar-refractivity contribution in [1.29, 1.82) is 0 Å². The Kier molecular flexibility index (Phi) is 2.14. The van der Waals surface area contributed by atoms with Crippen LogP contribution in [0.3, 0.4) is 0 Å². The predicted octanol–water partition coefficient (Wildman–Crippen LogP) is 1.57. The zero-order valence-corrected chi connectivity index (χ0v) is 7.46. The first-order valence-corrected chi connectivity index (χ1v) is 4.07. The molecule has 0 aromatic carbocycles. The monoisotopic (exact) mass is 152 g/mol. The lowest BCUT2D eigenvalue weighted by atomic mass is 10.2. The second-order valence-corrected chi connectivity index (χ2v) is 3.50. The first-order chi connectivity index (χ1) is 5.04. The lowest BCUT2D eigenvalue weighted by Crippen LogP contribution is -2.02. The van der Waals surface area contributed by atoms with Crippen LogP contribution in [0.25, 0.3) is 0 Å². The molecule has 2 unspecified atom stereocenters. The van der Waals surface area contributed by atoms with Gasteiger partial charge in [-0.05, 0) is 5.92 Å². The summed E-state index contributed by atoms with van der Waals surface area (Å²) >= 11 is 0. The molecule has 0 bridgehead atoms. The van der Waals surface area contributed by atoms with Gasteiger partial charge in [0.15, 0.2) is 0 Å². The van der Waals surface area contributed by atoms with Gasteiger partial charge in [-0.3, -0.25) is 4.99 Å². The van der Waals surface area contributed by atoms with Gasteiger partial charge < -0.3 is 5.73 Å². The van der Waals surface area contributed by atoms with Crippen LogP contribution in [0.1, 0.15) is 20.8 Å². The van der Waals surface area contributed by atoms with Crippen LogP contribution in [0.5, 0.6) is 0 Å². The van der Waals surface area contributed by atoms with Gasteiger partial charge >= 0.3 is 0 Å². The molecule has 0 aromatic heterocycles. The summed E-state index contributed by atoms with van der Waals surface area (Å²) in [6.07, 6.45) is 0. The van der Waals surface area contributed by atoms with Crippen molar-refractivity contribution in [1.82, 2.24) is 0 Å². The summed E-state index contributed by atoms with van der Waals surface area (Å²) in [6, 6.07) is 0.200. The van der Waals surface area contributed by atoms with Crippen LogP contribution >= 0.6 is 0 Å². The molecule has 0 heterocycles. The Morgan fingerprint density at radius 1 is 1.64 bits per heavy atom. The van der Waals surface area contributed by atoms with Gasteiger partial charge in [0.1, 0.15) is 0 Å². The fourth-order valence-corrected chi connectivity index (χ4v) is 0.874. The van der Waals surface area contributed by atoms with Crippen LogP contribution < -0.4 is 5.73 Å². The van der Waals surface area contributed by atoms with Crippen LogP contribution in [-0.2, 0) is 0 Å². The summed E-state index contributed by atoms with van der Waals surface area (Å²) < 4.78 is 0. The van der Waals surface area contributed by atoms with Gasteiger partial charge in [0.25, 0.3) is 0 Å². The topological polar surface area (TPSA) is 38.4 Å². The molecule has 62 valence electrons. The van der Waals surface area contributed by atoms with E-state index < -0.39 is 0 Å². The molecule has 0 aromatic rings. The molecule has 1 aliphatic rings. The number of rotatable bonds is 2. The van der Waals surface area contributed by atoms with Crippen molar-refractivity contribution in [2.75, 3.05) is 0 Å². The number of hydrogen-bond donors (Lipinski definition) is 1. The SMILES string of the molecule is C=C(N=C1C(C)C1N)C(C)C. The average Bonchev–Trinajstić information content (AvgIpc) is 2.45. The summed E-state index contributed by atoms with van der Waals surface area (Å²) in [5.41, 5.74) is 7.75. The largest absolute Gasteiger partial charge is 0.322 e. The number of aliphatic imine (C=N–C) groups is 1. The summed E-state index contributed by atoms with van der Waals surface area (Å²) in [4.78, 5) is 4.35. The quantitative estimate of drug-likeness (QED) is 0.641. The number of hydrogen-bond acceptors (Lipinski definition) is 2. The third-order valence-corrected chi connectivity index (χ3v) is 2.18. The Morgan fingerprint density at radius 3 is 2.36 bits per heavy atom. The van der Waals surface area contributed by atoms with Crippen molar-refractivity contribution in [2.45, 2.75) is 26.8 Å². The van der Waals surface area contributed by atoms with Gasteiger partial charge in [-0.1, -0.05) is 27.4 Å². The summed E-state index contributed by atoms with van der Waals surface area (Å²) in [7, 11) is 0. The maximum absolute atomic E-state index is 5.69. The molecule has 0 spiro atoms. The molecule has 11 heavy (non-hydrogen) atoms. The molecule has 0 saturated heterocycles. The van der Waals surface area contributed by atoms with Crippen molar-refractivity contribution in [3.05, 3.63) is 12.3 Å². The molecule has 2 N–H and O–H groups in total. The zero-order chi connectivity index (χ0) is 8.59. The highest BCUT2D eigenvalue weighted by atomic mass is 14.9. The lowest BCUT2D eigenvalue weighted by molar-refractivity contribution is 0.762. The second-order valence-electron chi connectivity index (χ2n) is 3.50. The van der Waals surface area contributed by atoms with Gasteiger partial charge in [-0.15, -0.1) is 0 Å². The van der Waals surface area contributed by atoms with E-state index in [1.807, 2.05) is 0 Å². The molecule has 1 fully saturated rings. The number of nitrogens with zero attached hydrogens (tertiary/aromatic N) is 1. The fraction of sp³-hybridized carbons (Fsp3) is 0.667. The summed E-state index contributed by atoms with van der Waals surface area (Å²) in [5.74, 6) is 0.910. The Bertz CT molecular complexity index is 194. The standard InChI is InChI=1S/C9H16N2/c1-5(2)7(4)11-9-6(3)8(9)10/h5-6,8H,4,10H2,1-3H3. The first-order valence-electron chi connectivity index (χ1n) is 4.07. The van der Waals surface area contributed by atoms with Crippen LogP contribution in [-0.4, -0.2) is 11.8 Å². The van der Waals surface area contributed by atoms with Crippen molar-refractivity contribution in [3.63, 3.8) is 0 Å². The van der Waals surface area contributed by atoms with Gasteiger partial charge in [0.2, 0.25) is 0 Å². The van der Waals surface area contributed by atoms with Gasteiger partial charge in [0, 0.05) is 17.3 Å². The summed E-state index contributed by atoms with van der Waals surface area (Å²) in [6.45, 7) is 10.1. The van der Waals surface area contributed by atoms with Crippen molar-refractivity contribution >= 4 is 5.71 Å². The van der Waals surface area contributed by atoms with Crippen molar-refractivity contribution < 1.29 is 0 Å². The Labute approximate surface area is 68.2 Å². The molecule has 0 aliphatic heterocycles. The van der Waals surface area contributed by atoms with E-state index in [-0.39, 0.29) is 6.04 Å². The molecule has 0 radical (unpaired) electrons. The van der Waals surface area contributed by atoms with Gasteiger partial charge in [-0.25, -0.2) is 0 Å². The molecule has 2 heteroatoms. The lowest BCUT2D eigenvalue weighted by Gasteiger charge is -2.00. The second kappa shape index (κ2) is 2.78. The van der Waals surface area contributed by atoms with Crippen LogP contribution in [0.2, 0.25) is 0 Å². The smallest absolute Gasteiger partial charge is 0.0513 e. The first kappa shape index (κ1) is 8.47. The number of allylic oxidation sites excluding steroid dienone is 1. The minimum absolute atomic E-state index is 0.200. The maximum Gasteiger partial charge on any atom is 0.0513 e. The molecule has 1 rings (SSSR count). The summed E-state index contributed by atoms with van der Waals surface area (Å²) in [5, 5.41) is 0. The van der Waals surface area contributed by atoms with Crippen LogP contribution in [0.4, 0.5) is 0 Å². The molecular weight excluding hydrogens is 136 g/mol. The third kappa shape index (κ3) is 1.69. The Balaban J connectivity index is 2.55. The maximum atomic E-state index is 5.69. The zero-order valence-electron chi connectivity index (χ0n) is 7.46. The van der Waals surface area contributed by atoms with E-state index in [4.69, 9.17) is 5.73 Å². The highest BCUT2D eigenvalue weighted by Gasteiger charge is 2.38. The van der Waals surface area contributed by atoms with Crippen molar-refractivity contribution in [3.8, 4) is 0 Å². The van der Waals surface area contributed by atoms with Crippen LogP contribution in [0, 0.1) is 11.8 Å². The molecule has 1 aliphatic carbocycles. The minimum atomic E-state index is 0.200. The van der Waals surface area contributed by atoms with Crippen LogP contribution in [0.15, 0.2) is 17.3 Å². The molecule has 2 nitrogen and oxygen atoms in total. The normalized spacial score (nSPS) is 33.0. The van der Waals surface area contributed by atoms with Gasteiger partial charge in [0.05, 0.1) is 6.04 Å². The molecule has 1 saturated carbocycles. The van der Waals surface area contributed by atoms with E-state index in [1.165, 1.54) is 0 Å². The van der Waals surface area contributed by atoms with Crippen molar-refractivity contribution in [2.24, 2.45) is 22.6 Å². The average molecular weight is 152 g/mol.